The molecule has 1 aromatic carbocycles. The van der Waals surface area contributed by atoms with Gasteiger partial charge >= 0.3 is 6.03 Å². The quantitative estimate of drug-likeness (QED) is 0.906. The first-order valence-electron chi connectivity index (χ1n) is 8.42. The Morgan fingerprint density at radius 3 is 2.64 bits per heavy atom. The molecular formula is C19H24N2O4. The van der Waals surface area contributed by atoms with Crippen molar-refractivity contribution in [2.75, 3.05) is 20.8 Å². The number of hydrogen-bond acceptors (Lipinski definition) is 4. The number of benzene rings is 1. The van der Waals surface area contributed by atoms with E-state index in [2.05, 4.69) is 5.32 Å². The van der Waals surface area contributed by atoms with Gasteiger partial charge in [0.15, 0.2) is 11.5 Å². The van der Waals surface area contributed by atoms with Gasteiger partial charge in [0.05, 0.1) is 20.5 Å². The number of nitrogens with one attached hydrogen (secondary N) is 1. The van der Waals surface area contributed by atoms with Gasteiger partial charge < -0.3 is 24.1 Å². The zero-order chi connectivity index (χ0) is 17.8. The normalized spacial score (nSPS) is 14.6. The number of urea groups is 1. The lowest BCUT2D eigenvalue weighted by atomic mass is 9.99. The van der Waals surface area contributed by atoms with E-state index in [1.165, 1.54) is 5.56 Å². The first kappa shape index (κ1) is 17.2. The second kappa shape index (κ2) is 7.51. The van der Waals surface area contributed by atoms with E-state index in [-0.39, 0.29) is 12.1 Å². The van der Waals surface area contributed by atoms with Crippen molar-refractivity contribution in [3.63, 3.8) is 0 Å². The molecule has 0 spiro atoms. The SMILES string of the molecule is COc1cc2c(cc1OC)CN(C(=O)NC(C)Cc1ccco1)CC2. The molecule has 134 valence electrons. The Morgan fingerprint density at radius 1 is 1.28 bits per heavy atom. The van der Waals surface area contributed by atoms with Gasteiger partial charge in [0, 0.05) is 25.6 Å². The van der Waals surface area contributed by atoms with Gasteiger partial charge in [-0.1, -0.05) is 0 Å². The number of nitrogens with zero attached hydrogens (tertiary/aromatic N) is 1. The maximum Gasteiger partial charge on any atom is 0.317 e. The Bertz CT molecular complexity index is 727. The first-order chi connectivity index (χ1) is 12.1. The average molecular weight is 344 g/mol. The van der Waals surface area contributed by atoms with Crippen molar-refractivity contribution >= 4 is 6.03 Å². The van der Waals surface area contributed by atoms with Crippen molar-refractivity contribution in [3.8, 4) is 11.5 Å². The molecule has 1 aliphatic rings. The number of methoxy groups -OCH3 is 2. The number of carbonyl (C=O) groups is 1. The third kappa shape index (κ3) is 3.90. The molecule has 1 atom stereocenters. The number of furan rings is 1. The van der Waals surface area contributed by atoms with Crippen LogP contribution in [0.3, 0.4) is 0 Å². The van der Waals surface area contributed by atoms with Crippen LogP contribution < -0.4 is 14.8 Å². The molecule has 2 aromatic rings. The minimum absolute atomic E-state index is 0.00505. The predicted molar refractivity (Wildman–Crippen MR) is 94.1 cm³/mol. The Kier molecular flexibility index (Phi) is 5.16. The molecule has 1 unspecified atom stereocenters. The van der Waals surface area contributed by atoms with Gasteiger partial charge in [-0.15, -0.1) is 0 Å². The van der Waals surface area contributed by atoms with E-state index >= 15 is 0 Å². The highest BCUT2D eigenvalue weighted by Crippen LogP contribution is 2.33. The van der Waals surface area contributed by atoms with Crippen LogP contribution in [0.15, 0.2) is 34.9 Å². The molecule has 1 aromatic heterocycles. The molecule has 3 rings (SSSR count). The topological polar surface area (TPSA) is 63.9 Å². The van der Waals surface area contributed by atoms with Gasteiger partial charge in [-0.3, -0.25) is 0 Å². The lowest BCUT2D eigenvalue weighted by Crippen LogP contribution is -2.46. The van der Waals surface area contributed by atoms with Crippen molar-refractivity contribution in [2.24, 2.45) is 0 Å². The summed E-state index contributed by atoms with van der Waals surface area (Å²) in [5.41, 5.74) is 2.29. The van der Waals surface area contributed by atoms with Crippen LogP contribution in [0.4, 0.5) is 4.79 Å². The molecule has 0 radical (unpaired) electrons. The number of rotatable bonds is 5. The standard InChI is InChI=1S/C19H24N2O4/c1-13(9-16-5-4-8-25-16)20-19(22)21-7-6-14-10-17(23-2)18(24-3)11-15(14)12-21/h4-5,8,10-11,13H,6-7,9,12H2,1-3H3,(H,20,22). The monoisotopic (exact) mass is 344 g/mol. The smallest absolute Gasteiger partial charge is 0.317 e. The molecule has 0 fully saturated rings. The fourth-order valence-corrected chi connectivity index (χ4v) is 3.14. The largest absolute Gasteiger partial charge is 0.493 e. The van der Waals surface area contributed by atoms with E-state index in [0.29, 0.717) is 25.3 Å². The third-order valence-corrected chi connectivity index (χ3v) is 4.46. The molecule has 6 heteroatoms. The number of carbonyl (C=O) groups excluding carboxylic acids is 1. The Balaban J connectivity index is 1.64. The highest BCUT2D eigenvalue weighted by molar-refractivity contribution is 5.75. The summed E-state index contributed by atoms with van der Waals surface area (Å²) < 4.78 is 16.1. The summed E-state index contributed by atoms with van der Waals surface area (Å²) in [6, 6.07) is 7.68. The Labute approximate surface area is 147 Å². The molecule has 2 amide bonds. The van der Waals surface area contributed by atoms with Crippen LogP contribution >= 0.6 is 0 Å². The van der Waals surface area contributed by atoms with Gasteiger partial charge in [0.2, 0.25) is 0 Å². The van der Waals surface area contributed by atoms with Crippen molar-refractivity contribution < 1.29 is 18.7 Å². The van der Waals surface area contributed by atoms with Crippen molar-refractivity contribution in [3.05, 3.63) is 47.4 Å². The van der Waals surface area contributed by atoms with Crippen LogP contribution in [-0.2, 0) is 19.4 Å². The molecule has 1 N–H and O–H groups in total. The van der Waals surface area contributed by atoms with E-state index in [4.69, 9.17) is 13.9 Å². The molecule has 6 nitrogen and oxygen atoms in total. The van der Waals surface area contributed by atoms with Crippen LogP contribution in [0.1, 0.15) is 23.8 Å². The first-order valence-corrected chi connectivity index (χ1v) is 8.42. The molecule has 25 heavy (non-hydrogen) atoms. The zero-order valence-electron chi connectivity index (χ0n) is 14.9. The van der Waals surface area contributed by atoms with Crippen molar-refractivity contribution in [2.45, 2.75) is 32.4 Å². The number of amides is 2. The lowest BCUT2D eigenvalue weighted by molar-refractivity contribution is 0.188. The van der Waals surface area contributed by atoms with E-state index < -0.39 is 0 Å². The summed E-state index contributed by atoms with van der Waals surface area (Å²) in [4.78, 5) is 14.4. The minimum Gasteiger partial charge on any atom is -0.493 e. The van der Waals surface area contributed by atoms with Gasteiger partial charge in [-0.25, -0.2) is 4.79 Å². The van der Waals surface area contributed by atoms with Crippen molar-refractivity contribution in [1.29, 1.82) is 0 Å². The maximum atomic E-state index is 12.6. The van der Waals surface area contributed by atoms with Crippen LogP contribution in [0.25, 0.3) is 0 Å². The van der Waals surface area contributed by atoms with Gasteiger partial charge in [-0.2, -0.15) is 0 Å². The lowest BCUT2D eigenvalue weighted by Gasteiger charge is -2.30. The zero-order valence-corrected chi connectivity index (χ0v) is 14.9. The third-order valence-electron chi connectivity index (χ3n) is 4.46. The Hall–Kier alpha value is -2.63. The highest BCUT2D eigenvalue weighted by atomic mass is 16.5. The number of ether oxygens (including phenoxy) is 2. The summed E-state index contributed by atoms with van der Waals surface area (Å²) in [6.07, 6.45) is 3.12. The average Bonchev–Trinajstić information content (AvgIpc) is 3.12. The van der Waals surface area contributed by atoms with Gasteiger partial charge in [-0.05, 0) is 48.7 Å². The second-order valence-electron chi connectivity index (χ2n) is 6.28. The molecule has 1 aliphatic heterocycles. The van der Waals surface area contributed by atoms with Crippen LogP contribution in [0.5, 0.6) is 11.5 Å². The molecular weight excluding hydrogens is 320 g/mol. The van der Waals surface area contributed by atoms with Crippen molar-refractivity contribution in [1.82, 2.24) is 10.2 Å². The highest BCUT2D eigenvalue weighted by Gasteiger charge is 2.23. The summed E-state index contributed by atoms with van der Waals surface area (Å²) in [5.74, 6) is 2.29. The van der Waals surface area contributed by atoms with Gasteiger partial charge in [0.1, 0.15) is 5.76 Å². The molecule has 0 bridgehead atoms. The maximum absolute atomic E-state index is 12.6. The number of fused-ring (bicyclic) bond motifs is 1. The molecule has 0 saturated carbocycles. The predicted octanol–water partition coefficient (Wildman–Crippen LogP) is 3.00. The molecule has 0 saturated heterocycles. The van der Waals surface area contributed by atoms with E-state index in [9.17, 15) is 4.79 Å². The summed E-state index contributed by atoms with van der Waals surface area (Å²) in [7, 11) is 3.25. The molecule has 0 aliphatic carbocycles. The second-order valence-corrected chi connectivity index (χ2v) is 6.28. The van der Waals surface area contributed by atoms with Crippen LogP contribution in [0, 0.1) is 0 Å². The Morgan fingerprint density at radius 2 is 2.00 bits per heavy atom. The summed E-state index contributed by atoms with van der Waals surface area (Å²) in [5, 5.41) is 3.04. The number of hydrogen-bond donors (Lipinski definition) is 1. The minimum atomic E-state index is -0.0560. The van der Waals surface area contributed by atoms with E-state index in [0.717, 1.165) is 23.5 Å². The van der Waals surface area contributed by atoms with E-state index in [1.54, 1.807) is 20.5 Å². The fourth-order valence-electron chi connectivity index (χ4n) is 3.14. The van der Waals surface area contributed by atoms with E-state index in [1.807, 2.05) is 36.1 Å². The summed E-state index contributed by atoms with van der Waals surface area (Å²) in [6.45, 7) is 3.23. The van der Waals surface area contributed by atoms with Gasteiger partial charge in [0.25, 0.3) is 0 Å². The fraction of sp³-hybridized carbons (Fsp3) is 0.421. The van der Waals surface area contributed by atoms with Crippen LogP contribution in [0.2, 0.25) is 0 Å². The molecule has 2 heterocycles. The van der Waals surface area contributed by atoms with Crippen LogP contribution in [-0.4, -0.2) is 37.7 Å². The summed E-state index contributed by atoms with van der Waals surface area (Å²) >= 11 is 0.